The first-order valence-electron chi connectivity index (χ1n) is 6.10. The number of nitrogens with one attached hydrogen (secondary N) is 2. The molecule has 5 heteroatoms. The lowest BCUT2D eigenvalue weighted by molar-refractivity contribution is 0.0935. The normalized spacial score (nSPS) is 11.8. The number of rotatable bonds is 4. The number of amides is 1. The van der Waals surface area contributed by atoms with Gasteiger partial charge in [-0.2, -0.15) is 0 Å². The van der Waals surface area contributed by atoms with Crippen molar-refractivity contribution in [1.29, 1.82) is 0 Å². The van der Waals surface area contributed by atoms with Crippen LogP contribution in [0.4, 0.5) is 0 Å². The highest BCUT2D eigenvalue weighted by atomic mass is 16.2. The number of hydrogen-bond acceptors (Lipinski definition) is 3. The van der Waals surface area contributed by atoms with Gasteiger partial charge < -0.3 is 10.3 Å². The molecule has 0 radical (unpaired) electrons. The maximum absolute atomic E-state index is 12.0. The number of aromatic amines is 1. The van der Waals surface area contributed by atoms with Gasteiger partial charge in [0.25, 0.3) is 5.91 Å². The molecule has 0 aliphatic rings. The molecule has 0 aliphatic heterocycles. The Kier molecular flexibility index (Phi) is 4.07. The van der Waals surface area contributed by atoms with Crippen LogP contribution in [0.25, 0.3) is 0 Å². The van der Waals surface area contributed by atoms with E-state index in [0.717, 1.165) is 12.0 Å². The summed E-state index contributed by atoms with van der Waals surface area (Å²) >= 11 is 0. The summed E-state index contributed by atoms with van der Waals surface area (Å²) < 4.78 is 0. The molecule has 0 fully saturated rings. The summed E-state index contributed by atoms with van der Waals surface area (Å²) in [5.41, 5.74) is 1.22. The van der Waals surface area contributed by atoms with Crippen LogP contribution in [0.2, 0.25) is 0 Å². The molecule has 1 amide bonds. The van der Waals surface area contributed by atoms with E-state index in [9.17, 15) is 9.59 Å². The third-order valence-electron chi connectivity index (χ3n) is 2.87. The predicted octanol–water partition coefficient (Wildman–Crippen LogP) is 1.65. The van der Waals surface area contributed by atoms with Crippen molar-refractivity contribution in [3.05, 3.63) is 64.3 Å². The zero-order chi connectivity index (χ0) is 13.7. The molecule has 98 valence electrons. The summed E-state index contributed by atoms with van der Waals surface area (Å²) in [6.45, 7) is 2.00. The fraction of sp³-hybridized carbons (Fsp3) is 0.214. The van der Waals surface area contributed by atoms with Crippen LogP contribution in [0.5, 0.6) is 0 Å². The summed E-state index contributed by atoms with van der Waals surface area (Å²) in [6.07, 6.45) is 5.59. The van der Waals surface area contributed by atoms with Gasteiger partial charge in [0.1, 0.15) is 0 Å². The molecule has 2 rings (SSSR count). The number of aromatic nitrogens is 2. The van der Waals surface area contributed by atoms with Gasteiger partial charge in [-0.05, 0) is 30.2 Å². The Labute approximate surface area is 110 Å². The zero-order valence-electron chi connectivity index (χ0n) is 10.6. The Morgan fingerprint density at radius 1 is 1.32 bits per heavy atom. The van der Waals surface area contributed by atoms with Gasteiger partial charge in [-0.3, -0.25) is 14.6 Å². The van der Waals surface area contributed by atoms with E-state index in [1.54, 1.807) is 12.4 Å². The van der Waals surface area contributed by atoms with E-state index in [2.05, 4.69) is 15.3 Å². The molecule has 0 saturated carbocycles. The van der Waals surface area contributed by atoms with E-state index in [0.29, 0.717) is 5.56 Å². The maximum Gasteiger partial charge on any atom is 0.253 e. The minimum Gasteiger partial charge on any atom is -0.345 e. The highest BCUT2D eigenvalue weighted by molar-refractivity contribution is 5.94. The lowest BCUT2D eigenvalue weighted by Crippen LogP contribution is -2.28. The van der Waals surface area contributed by atoms with E-state index in [1.165, 1.54) is 18.3 Å². The van der Waals surface area contributed by atoms with Crippen LogP contribution >= 0.6 is 0 Å². The largest absolute Gasteiger partial charge is 0.345 e. The van der Waals surface area contributed by atoms with Gasteiger partial charge in [0.15, 0.2) is 0 Å². The van der Waals surface area contributed by atoms with Crippen molar-refractivity contribution in [3.63, 3.8) is 0 Å². The molecular formula is C14H15N3O2. The van der Waals surface area contributed by atoms with Crippen LogP contribution in [0.15, 0.2) is 47.7 Å². The molecule has 19 heavy (non-hydrogen) atoms. The average molecular weight is 257 g/mol. The molecule has 2 N–H and O–H groups in total. The van der Waals surface area contributed by atoms with E-state index in [4.69, 9.17) is 0 Å². The van der Waals surface area contributed by atoms with Gasteiger partial charge in [-0.1, -0.05) is 6.92 Å². The van der Waals surface area contributed by atoms with Gasteiger partial charge in [-0.15, -0.1) is 0 Å². The molecule has 0 bridgehead atoms. The Bertz CT molecular complexity index is 587. The van der Waals surface area contributed by atoms with Gasteiger partial charge >= 0.3 is 0 Å². The number of carbonyl (C=O) groups is 1. The SMILES string of the molecule is CC[C@@H](NC(=O)c1ccc(=O)[nH]c1)c1ccncc1. The molecule has 1 atom stereocenters. The first kappa shape index (κ1) is 13.0. The van der Waals surface area contributed by atoms with Crippen molar-refractivity contribution < 1.29 is 4.79 Å². The van der Waals surface area contributed by atoms with Crippen LogP contribution in [0.1, 0.15) is 35.3 Å². The summed E-state index contributed by atoms with van der Waals surface area (Å²) in [4.78, 5) is 29.4. The van der Waals surface area contributed by atoms with Crippen molar-refractivity contribution in [1.82, 2.24) is 15.3 Å². The van der Waals surface area contributed by atoms with E-state index < -0.39 is 0 Å². The number of hydrogen-bond donors (Lipinski definition) is 2. The van der Waals surface area contributed by atoms with Crippen LogP contribution in [-0.2, 0) is 0 Å². The van der Waals surface area contributed by atoms with Crippen molar-refractivity contribution in [2.45, 2.75) is 19.4 Å². The Morgan fingerprint density at radius 3 is 2.63 bits per heavy atom. The maximum atomic E-state index is 12.0. The molecule has 0 spiro atoms. The first-order valence-corrected chi connectivity index (χ1v) is 6.10. The minimum atomic E-state index is -0.224. The lowest BCUT2D eigenvalue weighted by Gasteiger charge is -2.17. The molecule has 0 unspecified atom stereocenters. The highest BCUT2D eigenvalue weighted by Gasteiger charge is 2.13. The smallest absolute Gasteiger partial charge is 0.253 e. The fourth-order valence-electron chi connectivity index (χ4n) is 1.81. The molecule has 2 aromatic rings. The zero-order valence-corrected chi connectivity index (χ0v) is 10.6. The van der Waals surface area contributed by atoms with E-state index in [1.807, 2.05) is 19.1 Å². The second kappa shape index (κ2) is 5.95. The minimum absolute atomic E-state index is 0.0672. The van der Waals surface area contributed by atoms with Crippen molar-refractivity contribution in [2.75, 3.05) is 0 Å². The van der Waals surface area contributed by atoms with Crippen molar-refractivity contribution >= 4 is 5.91 Å². The Balaban J connectivity index is 2.13. The van der Waals surface area contributed by atoms with Crippen LogP contribution < -0.4 is 10.9 Å². The van der Waals surface area contributed by atoms with Crippen molar-refractivity contribution in [2.24, 2.45) is 0 Å². The Hall–Kier alpha value is -2.43. The highest BCUT2D eigenvalue weighted by Crippen LogP contribution is 2.15. The standard InChI is InChI=1S/C14H15N3O2/c1-2-12(10-5-7-15-8-6-10)17-14(19)11-3-4-13(18)16-9-11/h3-9,12H,2H2,1H3,(H,16,18)(H,17,19)/t12-/m1/s1. The summed E-state index contributed by atoms with van der Waals surface area (Å²) in [5, 5.41) is 2.93. The second-order valence-electron chi connectivity index (χ2n) is 4.16. The number of nitrogens with zero attached hydrogens (tertiary/aromatic N) is 1. The molecule has 0 aliphatic carbocycles. The first-order chi connectivity index (χ1) is 9.20. The predicted molar refractivity (Wildman–Crippen MR) is 71.8 cm³/mol. The molecular weight excluding hydrogens is 242 g/mol. The quantitative estimate of drug-likeness (QED) is 0.874. The summed E-state index contributed by atoms with van der Waals surface area (Å²) in [5.74, 6) is -0.208. The molecule has 2 heterocycles. The molecule has 0 saturated heterocycles. The van der Waals surface area contributed by atoms with Gasteiger partial charge in [0, 0.05) is 24.7 Å². The monoisotopic (exact) mass is 257 g/mol. The van der Waals surface area contributed by atoms with Crippen LogP contribution in [0, 0.1) is 0 Å². The number of carbonyl (C=O) groups excluding carboxylic acids is 1. The second-order valence-corrected chi connectivity index (χ2v) is 4.16. The van der Waals surface area contributed by atoms with Crippen LogP contribution in [0.3, 0.4) is 0 Å². The van der Waals surface area contributed by atoms with E-state index >= 15 is 0 Å². The third kappa shape index (κ3) is 3.28. The summed E-state index contributed by atoms with van der Waals surface area (Å²) in [7, 11) is 0. The van der Waals surface area contributed by atoms with Gasteiger partial charge in [0.2, 0.25) is 5.56 Å². The van der Waals surface area contributed by atoms with Gasteiger partial charge in [-0.25, -0.2) is 0 Å². The number of H-pyrrole nitrogens is 1. The average Bonchev–Trinajstić information content (AvgIpc) is 2.46. The number of pyridine rings is 2. The third-order valence-corrected chi connectivity index (χ3v) is 2.87. The van der Waals surface area contributed by atoms with Crippen LogP contribution in [-0.4, -0.2) is 15.9 Å². The van der Waals surface area contributed by atoms with Crippen molar-refractivity contribution in [3.8, 4) is 0 Å². The molecule has 0 aromatic carbocycles. The molecule has 5 nitrogen and oxygen atoms in total. The Morgan fingerprint density at radius 2 is 2.05 bits per heavy atom. The summed E-state index contributed by atoms with van der Waals surface area (Å²) in [6, 6.07) is 6.53. The topological polar surface area (TPSA) is 74.8 Å². The van der Waals surface area contributed by atoms with Gasteiger partial charge in [0.05, 0.1) is 11.6 Å². The fourth-order valence-corrected chi connectivity index (χ4v) is 1.81. The molecule has 2 aromatic heterocycles. The van der Waals surface area contributed by atoms with E-state index in [-0.39, 0.29) is 17.5 Å². The lowest BCUT2D eigenvalue weighted by atomic mass is 10.1.